The van der Waals surface area contributed by atoms with Crippen LogP contribution in [0.1, 0.15) is 48.9 Å². The number of nitrogens with zero attached hydrogens (tertiary/aromatic N) is 3. The van der Waals surface area contributed by atoms with Crippen LogP contribution in [-0.4, -0.2) is 38.4 Å². The summed E-state index contributed by atoms with van der Waals surface area (Å²) in [5.74, 6) is -0.533. The number of aromatic nitrogens is 3. The Morgan fingerprint density at radius 1 is 1.19 bits per heavy atom. The van der Waals surface area contributed by atoms with E-state index in [-0.39, 0.29) is 17.7 Å². The van der Waals surface area contributed by atoms with Crippen LogP contribution in [0.5, 0.6) is 0 Å². The average molecular weight is 447 g/mol. The van der Waals surface area contributed by atoms with Crippen molar-refractivity contribution in [3.05, 3.63) is 47.9 Å². The lowest BCUT2D eigenvalue weighted by Crippen LogP contribution is -2.41. The van der Waals surface area contributed by atoms with Crippen molar-refractivity contribution in [1.29, 1.82) is 0 Å². The van der Waals surface area contributed by atoms with Gasteiger partial charge in [-0.05, 0) is 56.9 Å². The summed E-state index contributed by atoms with van der Waals surface area (Å²) in [7, 11) is 1.68. The summed E-state index contributed by atoms with van der Waals surface area (Å²) in [5.41, 5.74) is -0.475. The highest BCUT2D eigenvalue weighted by molar-refractivity contribution is 6.06. The van der Waals surface area contributed by atoms with Gasteiger partial charge in [0.25, 0.3) is 5.91 Å². The molecule has 0 spiro atoms. The molecule has 2 aromatic heterocycles. The topological polar surface area (TPSA) is 92.1 Å². The fraction of sp³-hybridized carbons (Fsp3) is 0.409. The first kappa shape index (κ1) is 22.1. The summed E-state index contributed by atoms with van der Waals surface area (Å²) in [6.45, 7) is 3.61. The first-order chi connectivity index (χ1) is 15.0. The van der Waals surface area contributed by atoms with E-state index >= 15 is 0 Å². The molecule has 7 nitrogen and oxygen atoms in total. The maximum atomic E-state index is 12.9. The molecule has 32 heavy (non-hydrogen) atoms. The molecule has 3 N–H and O–H groups in total. The summed E-state index contributed by atoms with van der Waals surface area (Å²) in [6, 6.07) is 6.88. The summed E-state index contributed by atoms with van der Waals surface area (Å²) in [4.78, 5) is 16.0. The van der Waals surface area contributed by atoms with Gasteiger partial charge in [0.2, 0.25) is 0 Å². The smallest absolute Gasteiger partial charge is 0.390 e. The highest BCUT2D eigenvalue weighted by Gasteiger charge is 2.40. The Balaban J connectivity index is 1.57. The van der Waals surface area contributed by atoms with Crippen molar-refractivity contribution in [2.75, 3.05) is 17.7 Å². The second-order valence-corrected chi connectivity index (χ2v) is 8.65. The van der Waals surface area contributed by atoms with E-state index in [0.717, 1.165) is 35.9 Å². The van der Waals surface area contributed by atoms with E-state index in [1.807, 2.05) is 10.9 Å². The van der Waals surface area contributed by atoms with Crippen LogP contribution < -0.4 is 10.6 Å². The Hall–Kier alpha value is -3.14. The third kappa shape index (κ3) is 4.27. The van der Waals surface area contributed by atoms with Gasteiger partial charge in [-0.1, -0.05) is 6.07 Å². The molecule has 0 atom stereocenters. The quantitative estimate of drug-likeness (QED) is 0.537. The summed E-state index contributed by atoms with van der Waals surface area (Å²) >= 11 is 0. The number of aliphatic hydroxyl groups is 1. The van der Waals surface area contributed by atoms with Crippen molar-refractivity contribution >= 4 is 28.2 Å². The zero-order valence-electron chi connectivity index (χ0n) is 17.9. The molecule has 1 amide bonds. The van der Waals surface area contributed by atoms with Crippen LogP contribution in [0.25, 0.3) is 10.9 Å². The number of rotatable bonds is 5. The van der Waals surface area contributed by atoms with Gasteiger partial charge in [0, 0.05) is 18.6 Å². The predicted molar refractivity (Wildman–Crippen MR) is 115 cm³/mol. The van der Waals surface area contributed by atoms with Crippen molar-refractivity contribution in [3.8, 4) is 0 Å². The van der Waals surface area contributed by atoms with Gasteiger partial charge in [0.15, 0.2) is 0 Å². The molecule has 1 aromatic carbocycles. The van der Waals surface area contributed by atoms with Crippen LogP contribution in [0, 0.1) is 5.92 Å². The number of halogens is 3. The lowest BCUT2D eigenvalue weighted by atomic mass is 9.71. The van der Waals surface area contributed by atoms with Crippen molar-refractivity contribution in [3.63, 3.8) is 0 Å². The molecule has 0 bridgehead atoms. The number of hydrogen-bond donors (Lipinski definition) is 3. The number of anilines is 2. The molecule has 0 aliphatic heterocycles. The summed E-state index contributed by atoms with van der Waals surface area (Å²) in [5, 5.41) is 21.2. The predicted octanol–water partition coefficient (Wildman–Crippen LogP) is 4.47. The Kier molecular flexibility index (Phi) is 5.36. The number of fused-ring (bicyclic) bond motifs is 1. The zero-order valence-corrected chi connectivity index (χ0v) is 17.9. The van der Waals surface area contributed by atoms with Crippen molar-refractivity contribution in [2.45, 2.75) is 44.5 Å². The Morgan fingerprint density at radius 3 is 2.53 bits per heavy atom. The van der Waals surface area contributed by atoms with Crippen LogP contribution >= 0.6 is 0 Å². The lowest BCUT2D eigenvalue weighted by molar-refractivity contribution is -0.141. The van der Waals surface area contributed by atoms with Gasteiger partial charge in [0.1, 0.15) is 11.4 Å². The number of carbonyl (C=O) groups is 1. The first-order valence-corrected chi connectivity index (χ1v) is 10.2. The molecule has 2 heterocycles. The normalized spacial score (nSPS) is 19.0. The van der Waals surface area contributed by atoms with Crippen molar-refractivity contribution in [2.24, 2.45) is 5.92 Å². The Morgan fingerprint density at radius 2 is 1.91 bits per heavy atom. The lowest BCUT2D eigenvalue weighted by Gasteiger charge is -2.42. The van der Waals surface area contributed by atoms with Gasteiger partial charge in [-0.25, -0.2) is 4.98 Å². The maximum Gasteiger partial charge on any atom is 0.433 e. The van der Waals surface area contributed by atoms with Gasteiger partial charge in [-0.2, -0.15) is 18.3 Å². The highest BCUT2D eigenvalue weighted by atomic mass is 19.4. The van der Waals surface area contributed by atoms with E-state index in [4.69, 9.17) is 0 Å². The molecule has 1 aliphatic carbocycles. The molecule has 1 saturated carbocycles. The number of amides is 1. The third-order valence-corrected chi connectivity index (χ3v) is 5.94. The molecule has 1 fully saturated rings. The van der Waals surface area contributed by atoms with Crippen LogP contribution in [0.3, 0.4) is 0 Å². The van der Waals surface area contributed by atoms with Gasteiger partial charge in [0.05, 0.1) is 28.5 Å². The fourth-order valence-electron chi connectivity index (χ4n) is 3.87. The molecule has 10 heteroatoms. The van der Waals surface area contributed by atoms with E-state index in [2.05, 4.69) is 20.7 Å². The summed E-state index contributed by atoms with van der Waals surface area (Å²) < 4.78 is 40.6. The fourth-order valence-corrected chi connectivity index (χ4v) is 3.87. The molecule has 4 rings (SSSR count). The van der Waals surface area contributed by atoms with Crippen LogP contribution in [0.2, 0.25) is 0 Å². The molecule has 1 aliphatic rings. The second kappa shape index (κ2) is 7.77. The summed E-state index contributed by atoms with van der Waals surface area (Å²) in [6.07, 6.45) is -1.12. The molecule has 0 radical (unpaired) electrons. The standard InChI is InChI=1S/C22H24F3N5O2/c1-21(2,32)13-8-14(9-13)30-11-12-7-18(17(26-3)10-16(12)29-30)28-20(31)15-5-4-6-19(27-15)22(23,24)25/h4-7,10-11,13-14,26,32H,8-9H2,1-3H3,(H,28,31). The van der Waals surface area contributed by atoms with Crippen molar-refractivity contribution < 1.29 is 23.1 Å². The number of benzene rings is 1. The van der Waals surface area contributed by atoms with Gasteiger partial charge in [-0.3, -0.25) is 9.48 Å². The highest BCUT2D eigenvalue weighted by Crippen LogP contribution is 2.44. The number of hydrogen-bond acceptors (Lipinski definition) is 5. The first-order valence-electron chi connectivity index (χ1n) is 10.2. The Labute approximate surface area is 182 Å². The average Bonchev–Trinajstić information content (AvgIpc) is 3.06. The number of carbonyl (C=O) groups excluding carboxylic acids is 1. The van der Waals surface area contributed by atoms with E-state index in [9.17, 15) is 23.1 Å². The number of pyridine rings is 1. The Bertz CT molecular complexity index is 1160. The van der Waals surface area contributed by atoms with Crippen molar-refractivity contribution in [1.82, 2.24) is 14.8 Å². The maximum absolute atomic E-state index is 12.9. The number of nitrogens with one attached hydrogen (secondary N) is 2. The van der Waals surface area contributed by atoms with Gasteiger partial charge in [-0.15, -0.1) is 0 Å². The van der Waals surface area contributed by atoms with Gasteiger partial charge >= 0.3 is 6.18 Å². The van der Waals surface area contributed by atoms with Crippen LogP contribution in [0.15, 0.2) is 36.5 Å². The minimum Gasteiger partial charge on any atom is -0.390 e. The van der Waals surface area contributed by atoms with E-state index in [1.165, 1.54) is 6.07 Å². The number of alkyl halides is 3. The van der Waals surface area contributed by atoms with E-state index in [1.54, 1.807) is 33.0 Å². The molecular formula is C22H24F3N5O2. The largest absolute Gasteiger partial charge is 0.433 e. The van der Waals surface area contributed by atoms with Crippen LogP contribution in [-0.2, 0) is 6.18 Å². The molecular weight excluding hydrogens is 423 g/mol. The van der Waals surface area contributed by atoms with E-state index in [0.29, 0.717) is 11.4 Å². The molecule has 3 aromatic rings. The minimum atomic E-state index is -4.63. The second-order valence-electron chi connectivity index (χ2n) is 8.65. The van der Waals surface area contributed by atoms with Gasteiger partial charge < -0.3 is 15.7 Å². The molecule has 0 saturated heterocycles. The third-order valence-electron chi connectivity index (χ3n) is 5.94. The van der Waals surface area contributed by atoms with Crippen LogP contribution in [0.4, 0.5) is 24.5 Å². The monoisotopic (exact) mass is 447 g/mol. The van der Waals surface area contributed by atoms with E-state index < -0.39 is 23.4 Å². The zero-order chi connectivity index (χ0) is 23.3. The SMILES string of the molecule is CNc1cc2nn(C3CC(C(C)(C)O)C3)cc2cc1NC(=O)c1cccc(C(F)(F)F)n1. The molecule has 0 unspecified atom stereocenters. The molecule has 170 valence electrons. The minimum absolute atomic E-state index is 0.184.